The lowest BCUT2D eigenvalue weighted by Gasteiger charge is -2.31. The van der Waals surface area contributed by atoms with Crippen LogP contribution in [0.3, 0.4) is 0 Å². The molecular formula is C25H25N5O2. The van der Waals surface area contributed by atoms with Gasteiger partial charge in [0.25, 0.3) is 0 Å². The molecule has 0 spiro atoms. The molecule has 3 heterocycles. The van der Waals surface area contributed by atoms with Gasteiger partial charge < -0.3 is 15.2 Å². The van der Waals surface area contributed by atoms with Gasteiger partial charge in [-0.15, -0.1) is 0 Å². The summed E-state index contributed by atoms with van der Waals surface area (Å²) in [4.78, 5) is 30.5. The molecule has 1 saturated heterocycles. The number of fused-ring (bicyclic) bond motifs is 1. The van der Waals surface area contributed by atoms with E-state index in [2.05, 4.69) is 33.6 Å². The lowest BCUT2D eigenvalue weighted by atomic mass is 9.95. The van der Waals surface area contributed by atoms with Crippen LogP contribution in [0.25, 0.3) is 22.2 Å². The number of amides is 2. The van der Waals surface area contributed by atoms with E-state index < -0.39 is 0 Å². The largest absolute Gasteiger partial charge is 0.355 e. The highest BCUT2D eigenvalue weighted by molar-refractivity contribution is 5.94. The van der Waals surface area contributed by atoms with Crippen LogP contribution in [-0.2, 0) is 16.1 Å². The second kappa shape index (κ2) is 8.70. The predicted molar refractivity (Wildman–Crippen MR) is 124 cm³/mol. The summed E-state index contributed by atoms with van der Waals surface area (Å²) in [6.07, 6.45) is 4.77. The summed E-state index contributed by atoms with van der Waals surface area (Å²) < 4.78 is 1.63. The molecule has 32 heavy (non-hydrogen) atoms. The Morgan fingerprint density at radius 2 is 1.88 bits per heavy atom. The number of para-hydroxylation sites is 1. The fourth-order valence-corrected chi connectivity index (χ4v) is 4.26. The van der Waals surface area contributed by atoms with E-state index in [0.717, 1.165) is 27.8 Å². The lowest BCUT2D eigenvalue weighted by Crippen LogP contribution is -2.42. The van der Waals surface area contributed by atoms with Crippen LogP contribution in [0.2, 0.25) is 0 Å². The standard InChI is InChI=1S/C25H25N5O2/c31-24(17-30-12-4-11-26-30)29-13-9-18(10-14-29)25(32)27-21-7-3-6-19(15-21)23-16-20-5-1-2-8-22(20)28-23/h1-8,11-12,15-16,18,28H,9-10,13-14,17H2,(H,27,32). The van der Waals surface area contributed by atoms with E-state index in [1.807, 2.05) is 41.3 Å². The highest BCUT2D eigenvalue weighted by Gasteiger charge is 2.27. The molecule has 4 aromatic rings. The molecule has 7 heteroatoms. The van der Waals surface area contributed by atoms with Gasteiger partial charge in [-0.05, 0) is 43.2 Å². The minimum Gasteiger partial charge on any atom is -0.355 e. The van der Waals surface area contributed by atoms with Crippen LogP contribution < -0.4 is 5.32 Å². The first-order valence-electron chi connectivity index (χ1n) is 10.9. The maximum atomic E-state index is 12.9. The number of likely N-dealkylation sites (tertiary alicyclic amines) is 1. The van der Waals surface area contributed by atoms with Gasteiger partial charge in [0.15, 0.2) is 0 Å². The summed E-state index contributed by atoms with van der Waals surface area (Å²) in [6, 6.07) is 20.0. The molecule has 1 fully saturated rings. The first kappa shape index (κ1) is 20.1. The molecule has 0 aliphatic carbocycles. The summed E-state index contributed by atoms with van der Waals surface area (Å²) in [6.45, 7) is 1.42. The molecule has 0 bridgehead atoms. The topological polar surface area (TPSA) is 83.0 Å². The van der Waals surface area contributed by atoms with Crippen LogP contribution in [0, 0.1) is 5.92 Å². The molecule has 2 N–H and O–H groups in total. The van der Waals surface area contributed by atoms with Crippen LogP contribution >= 0.6 is 0 Å². The number of piperidine rings is 1. The number of aromatic nitrogens is 3. The van der Waals surface area contributed by atoms with Crippen LogP contribution in [0.5, 0.6) is 0 Å². The van der Waals surface area contributed by atoms with Gasteiger partial charge >= 0.3 is 0 Å². The van der Waals surface area contributed by atoms with Crippen molar-refractivity contribution in [1.29, 1.82) is 0 Å². The summed E-state index contributed by atoms with van der Waals surface area (Å²) in [7, 11) is 0. The number of hydrogen-bond donors (Lipinski definition) is 2. The average Bonchev–Trinajstić information content (AvgIpc) is 3.49. The van der Waals surface area contributed by atoms with Gasteiger partial charge in [0.1, 0.15) is 6.54 Å². The third-order valence-corrected chi connectivity index (χ3v) is 6.05. The third-order valence-electron chi connectivity index (χ3n) is 6.05. The van der Waals surface area contributed by atoms with Crippen LogP contribution in [0.1, 0.15) is 12.8 Å². The van der Waals surface area contributed by atoms with E-state index in [4.69, 9.17) is 0 Å². The number of nitrogens with zero attached hydrogens (tertiary/aromatic N) is 3. The highest BCUT2D eigenvalue weighted by atomic mass is 16.2. The van der Waals surface area contributed by atoms with Gasteiger partial charge in [-0.2, -0.15) is 5.10 Å². The quantitative estimate of drug-likeness (QED) is 0.507. The second-order valence-corrected chi connectivity index (χ2v) is 8.20. The molecule has 2 aromatic carbocycles. The highest BCUT2D eigenvalue weighted by Crippen LogP contribution is 2.27. The number of aromatic amines is 1. The van der Waals surface area contributed by atoms with Crippen molar-refractivity contribution in [2.24, 2.45) is 5.92 Å². The first-order valence-corrected chi connectivity index (χ1v) is 10.9. The van der Waals surface area contributed by atoms with E-state index in [1.54, 1.807) is 23.1 Å². The maximum absolute atomic E-state index is 12.9. The summed E-state index contributed by atoms with van der Waals surface area (Å²) in [5.74, 6) is -0.0444. The van der Waals surface area contributed by atoms with Gasteiger partial charge in [0.05, 0.1) is 0 Å². The SMILES string of the molecule is O=C(Nc1cccc(-c2cc3ccccc3[nH]2)c1)C1CCN(C(=O)Cn2cccn2)CC1. The number of carbonyl (C=O) groups excluding carboxylic acids is 2. The predicted octanol–water partition coefficient (Wildman–Crippen LogP) is 3.91. The Labute approximate surface area is 186 Å². The fourth-order valence-electron chi connectivity index (χ4n) is 4.26. The normalized spacial score (nSPS) is 14.6. The van der Waals surface area contributed by atoms with Crippen molar-refractivity contribution in [3.05, 3.63) is 73.1 Å². The Kier molecular flexibility index (Phi) is 5.46. The van der Waals surface area contributed by atoms with E-state index in [0.29, 0.717) is 25.9 Å². The smallest absolute Gasteiger partial charge is 0.244 e. The Bertz CT molecular complexity index is 1200. The first-order chi connectivity index (χ1) is 15.7. The fraction of sp³-hybridized carbons (Fsp3) is 0.240. The zero-order chi connectivity index (χ0) is 21.9. The second-order valence-electron chi connectivity index (χ2n) is 8.20. The summed E-state index contributed by atoms with van der Waals surface area (Å²) in [5, 5.41) is 8.31. The van der Waals surface area contributed by atoms with Gasteiger partial charge in [0, 0.05) is 59.2 Å². The van der Waals surface area contributed by atoms with Gasteiger partial charge in [-0.1, -0.05) is 30.3 Å². The third kappa shape index (κ3) is 4.27. The lowest BCUT2D eigenvalue weighted by molar-refractivity contribution is -0.135. The van der Waals surface area contributed by atoms with Crippen molar-refractivity contribution in [2.75, 3.05) is 18.4 Å². The van der Waals surface area contributed by atoms with Crippen molar-refractivity contribution in [2.45, 2.75) is 19.4 Å². The van der Waals surface area contributed by atoms with Crippen LogP contribution in [0.15, 0.2) is 73.1 Å². The molecule has 0 atom stereocenters. The van der Waals surface area contributed by atoms with E-state index in [-0.39, 0.29) is 24.3 Å². The number of carbonyl (C=O) groups is 2. The van der Waals surface area contributed by atoms with Crippen molar-refractivity contribution in [1.82, 2.24) is 19.7 Å². The number of H-pyrrole nitrogens is 1. The molecule has 0 radical (unpaired) electrons. The van der Waals surface area contributed by atoms with Gasteiger partial charge in [0.2, 0.25) is 11.8 Å². The Morgan fingerprint density at radius 3 is 2.66 bits per heavy atom. The van der Waals surface area contributed by atoms with Crippen LogP contribution in [-0.4, -0.2) is 44.6 Å². The maximum Gasteiger partial charge on any atom is 0.244 e. The van der Waals surface area contributed by atoms with Crippen molar-refractivity contribution < 1.29 is 9.59 Å². The molecule has 162 valence electrons. The molecule has 2 amide bonds. The Morgan fingerprint density at radius 1 is 1.03 bits per heavy atom. The molecule has 2 aromatic heterocycles. The molecule has 0 saturated carbocycles. The molecule has 1 aliphatic heterocycles. The zero-order valence-corrected chi connectivity index (χ0v) is 17.7. The number of nitrogens with one attached hydrogen (secondary N) is 2. The van der Waals surface area contributed by atoms with Gasteiger partial charge in [-0.25, -0.2) is 0 Å². The van der Waals surface area contributed by atoms with Crippen molar-refractivity contribution in [3.8, 4) is 11.3 Å². The number of rotatable bonds is 5. The minimum atomic E-state index is -0.0968. The summed E-state index contributed by atoms with van der Waals surface area (Å²) in [5.41, 5.74) is 3.92. The Hall–Kier alpha value is -3.87. The number of hydrogen-bond acceptors (Lipinski definition) is 3. The van der Waals surface area contributed by atoms with Crippen LogP contribution in [0.4, 0.5) is 5.69 Å². The van der Waals surface area contributed by atoms with Gasteiger partial charge in [-0.3, -0.25) is 14.3 Å². The molecule has 1 aliphatic rings. The average molecular weight is 428 g/mol. The van der Waals surface area contributed by atoms with E-state index in [1.165, 1.54) is 0 Å². The molecule has 5 rings (SSSR count). The van der Waals surface area contributed by atoms with E-state index >= 15 is 0 Å². The summed E-state index contributed by atoms with van der Waals surface area (Å²) >= 11 is 0. The Balaban J connectivity index is 1.19. The minimum absolute atomic E-state index is 0.0120. The van der Waals surface area contributed by atoms with Crippen molar-refractivity contribution in [3.63, 3.8) is 0 Å². The molecular weight excluding hydrogens is 402 g/mol. The number of anilines is 1. The zero-order valence-electron chi connectivity index (χ0n) is 17.7. The van der Waals surface area contributed by atoms with E-state index in [9.17, 15) is 9.59 Å². The number of benzene rings is 2. The van der Waals surface area contributed by atoms with Crippen molar-refractivity contribution >= 4 is 28.4 Å². The molecule has 7 nitrogen and oxygen atoms in total. The monoisotopic (exact) mass is 427 g/mol. The molecule has 0 unspecified atom stereocenters.